The van der Waals surface area contributed by atoms with Crippen molar-refractivity contribution in [1.29, 1.82) is 0 Å². The van der Waals surface area contributed by atoms with E-state index in [0.717, 1.165) is 0 Å². The number of nitrogens with zero attached hydrogens (tertiary/aromatic N) is 3. The summed E-state index contributed by atoms with van der Waals surface area (Å²) >= 11 is 0. The molecule has 0 saturated carbocycles. The summed E-state index contributed by atoms with van der Waals surface area (Å²) in [6.45, 7) is 3.96. The molecule has 0 spiro atoms. The van der Waals surface area contributed by atoms with Crippen molar-refractivity contribution in [3.63, 3.8) is 0 Å². The molecule has 1 aromatic rings. The molecule has 6 heteroatoms. The van der Waals surface area contributed by atoms with Crippen molar-refractivity contribution >= 4 is 5.91 Å². The van der Waals surface area contributed by atoms with Crippen molar-refractivity contribution in [2.24, 2.45) is 0 Å². The Bertz CT molecular complexity index is 335. The van der Waals surface area contributed by atoms with Crippen LogP contribution in [-0.2, 0) is 11.3 Å². The number of hydrogen-bond donors (Lipinski definition) is 1. The first-order chi connectivity index (χ1) is 7.00. The Balaban J connectivity index is 2.40. The Morgan fingerprint density at radius 2 is 2.27 bits per heavy atom. The molecule has 0 bridgehead atoms. The summed E-state index contributed by atoms with van der Waals surface area (Å²) in [4.78, 5) is 17.0. The van der Waals surface area contributed by atoms with Gasteiger partial charge in [0, 0.05) is 21.0 Å². The number of carbonyl (C=O) groups excluding carboxylic acids is 1. The number of rotatable bonds is 4. The molecule has 1 amide bonds. The maximum atomic E-state index is 11.5. The number of likely N-dealkylation sites (N-methyl/N-ethyl adjacent to an activating group) is 1. The van der Waals surface area contributed by atoms with Gasteiger partial charge in [-0.05, 0) is 6.92 Å². The number of amides is 1. The highest BCUT2D eigenvalue weighted by molar-refractivity contribution is 5.80. The van der Waals surface area contributed by atoms with Crippen LogP contribution in [0.4, 0.5) is 0 Å². The van der Waals surface area contributed by atoms with Gasteiger partial charge >= 0.3 is 0 Å². The number of nitrogens with one attached hydrogen (secondary N) is 1. The predicted molar refractivity (Wildman–Crippen MR) is 54.0 cm³/mol. The van der Waals surface area contributed by atoms with E-state index in [0.29, 0.717) is 18.3 Å². The SMILES string of the molecule is Cc1nc(CNC(C)C(=O)N(C)C)no1. The third-order valence-corrected chi connectivity index (χ3v) is 1.95. The third-order valence-electron chi connectivity index (χ3n) is 1.95. The van der Waals surface area contributed by atoms with Crippen molar-refractivity contribution in [2.45, 2.75) is 26.4 Å². The molecule has 0 fully saturated rings. The van der Waals surface area contributed by atoms with Crippen LogP contribution in [0.1, 0.15) is 18.6 Å². The molecule has 0 saturated heterocycles. The van der Waals surface area contributed by atoms with Gasteiger partial charge in [0.1, 0.15) is 0 Å². The van der Waals surface area contributed by atoms with Gasteiger partial charge in [-0.25, -0.2) is 0 Å². The van der Waals surface area contributed by atoms with Gasteiger partial charge in [0.25, 0.3) is 0 Å². The molecule has 1 unspecified atom stereocenters. The lowest BCUT2D eigenvalue weighted by Gasteiger charge is -2.16. The predicted octanol–water partition coefficient (Wildman–Crippen LogP) is -0.0557. The standard InChI is InChI=1S/C9H16N4O2/c1-6(9(14)13(3)4)10-5-8-11-7(2)15-12-8/h6,10H,5H2,1-4H3. The van der Waals surface area contributed by atoms with E-state index in [-0.39, 0.29) is 11.9 Å². The Kier molecular flexibility index (Phi) is 3.79. The van der Waals surface area contributed by atoms with Crippen LogP contribution in [0, 0.1) is 6.92 Å². The Morgan fingerprint density at radius 1 is 1.60 bits per heavy atom. The summed E-state index contributed by atoms with van der Waals surface area (Å²) in [6, 6.07) is -0.251. The van der Waals surface area contributed by atoms with E-state index in [2.05, 4.69) is 15.5 Å². The van der Waals surface area contributed by atoms with Crippen LogP contribution in [0.2, 0.25) is 0 Å². The van der Waals surface area contributed by atoms with E-state index in [1.807, 2.05) is 0 Å². The van der Waals surface area contributed by atoms with E-state index in [1.165, 1.54) is 0 Å². The molecular weight excluding hydrogens is 196 g/mol. The van der Waals surface area contributed by atoms with Crippen LogP contribution in [0.15, 0.2) is 4.52 Å². The van der Waals surface area contributed by atoms with Crippen LogP contribution >= 0.6 is 0 Å². The Hall–Kier alpha value is -1.43. The molecule has 6 nitrogen and oxygen atoms in total. The molecular formula is C9H16N4O2. The molecule has 1 rings (SSSR count). The summed E-state index contributed by atoms with van der Waals surface area (Å²) in [7, 11) is 3.44. The summed E-state index contributed by atoms with van der Waals surface area (Å²) < 4.78 is 4.81. The number of aromatic nitrogens is 2. The molecule has 0 aliphatic rings. The molecule has 0 radical (unpaired) electrons. The number of carbonyl (C=O) groups is 1. The molecule has 1 aromatic heterocycles. The fourth-order valence-electron chi connectivity index (χ4n) is 1.13. The third kappa shape index (κ3) is 3.32. The summed E-state index contributed by atoms with van der Waals surface area (Å²) in [6.07, 6.45) is 0. The van der Waals surface area contributed by atoms with Crippen molar-refractivity contribution in [2.75, 3.05) is 14.1 Å². The van der Waals surface area contributed by atoms with Gasteiger partial charge in [0.15, 0.2) is 5.82 Å². The highest BCUT2D eigenvalue weighted by Gasteiger charge is 2.14. The molecule has 1 heterocycles. The molecule has 84 valence electrons. The molecule has 1 N–H and O–H groups in total. The molecule has 1 atom stereocenters. The second-order valence-corrected chi connectivity index (χ2v) is 3.56. The zero-order chi connectivity index (χ0) is 11.4. The molecule has 0 aliphatic heterocycles. The van der Waals surface area contributed by atoms with Crippen molar-refractivity contribution in [3.8, 4) is 0 Å². The van der Waals surface area contributed by atoms with Gasteiger partial charge < -0.3 is 9.42 Å². The largest absolute Gasteiger partial charge is 0.347 e. The fraction of sp³-hybridized carbons (Fsp3) is 0.667. The van der Waals surface area contributed by atoms with E-state index in [4.69, 9.17) is 4.52 Å². The maximum absolute atomic E-state index is 11.5. The smallest absolute Gasteiger partial charge is 0.238 e. The van der Waals surface area contributed by atoms with E-state index in [1.54, 1.807) is 32.8 Å². The molecule has 0 aliphatic carbocycles. The van der Waals surface area contributed by atoms with Crippen LogP contribution < -0.4 is 5.32 Å². The first-order valence-electron chi connectivity index (χ1n) is 4.74. The van der Waals surface area contributed by atoms with Gasteiger partial charge in [-0.2, -0.15) is 4.98 Å². The normalized spacial score (nSPS) is 12.5. The first kappa shape index (κ1) is 11.6. The minimum absolute atomic E-state index is 0.0233. The van der Waals surface area contributed by atoms with E-state index >= 15 is 0 Å². The lowest BCUT2D eigenvalue weighted by Crippen LogP contribution is -2.41. The van der Waals surface area contributed by atoms with Crippen molar-refractivity contribution < 1.29 is 9.32 Å². The van der Waals surface area contributed by atoms with Crippen LogP contribution in [-0.4, -0.2) is 41.1 Å². The van der Waals surface area contributed by atoms with E-state index in [9.17, 15) is 4.79 Å². The minimum Gasteiger partial charge on any atom is -0.347 e. The highest BCUT2D eigenvalue weighted by atomic mass is 16.5. The zero-order valence-corrected chi connectivity index (χ0v) is 9.44. The van der Waals surface area contributed by atoms with Crippen molar-refractivity contribution in [3.05, 3.63) is 11.7 Å². The Labute approximate surface area is 88.6 Å². The first-order valence-corrected chi connectivity index (χ1v) is 4.74. The monoisotopic (exact) mass is 212 g/mol. The fourth-order valence-corrected chi connectivity index (χ4v) is 1.13. The van der Waals surface area contributed by atoms with Crippen LogP contribution in [0.5, 0.6) is 0 Å². The molecule has 0 aromatic carbocycles. The van der Waals surface area contributed by atoms with Gasteiger partial charge in [-0.3, -0.25) is 10.1 Å². The van der Waals surface area contributed by atoms with Gasteiger partial charge in [0.2, 0.25) is 11.8 Å². The average molecular weight is 212 g/mol. The zero-order valence-electron chi connectivity index (χ0n) is 9.44. The summed E-state index contributed by atoms with van der Waals surface area (Å²) in [5.41, 5.74) is 0. The van der Waals surface area contributed by atoms with Gasteiger partial charge in [0.05, 0.1) is 12.6 Å². The maximum Gasteiger partial charge on any atom is 0.238 e. The minimum atomic E-state index is -0.251. The summed E-state index contributed by atoms with van der Waals surface area (Å²) in [5, 5.41) is 6.74. The van der Waals surface area contributed by atoms with Gasteiger partial charge in [-0.15, -0.1) is 0 Å². The summed E-state index contributed by atoms with van der Waals surface area (Å²) in [5.74, 6) is 1.11. The second kappa shape index (κ2) is 4.88. The lowest BCUT2D eigenvalue weighted by molar-refractivity contribution is -0.130. The highest BCUT2D eigenvalue weighted by Crippen LogP contribution is 1.96. The Morgan fingerprint density at radius 3 is 2.73 bits per heavy atom. The average Bonchev–Trinajstić information content (AvgIpc) is 2.59. The topological polar surface area (TPSA) is 71.3 Å². The lowest BCUT2D eigenvalue weighted by atomic mass is 10.3. The van der Waals surface area contributed by atoms with Gasteiger partial charge in [-0.1, -0.05) is 5.16 Å². The van der Waals surface area contributed by atoms with E-state index < -0.39 is 0 Å². The van der Waals surface area contributed by atoms with Crippen molar-refractivity contribution in [1.82, 2.24) is 20.4 Å². The van der Waals surface area contributed by atoms with Crippen LogP contribution in [0.25, 0.3) is 0 Å². The van der Waals surface area contributed by atoms with Crippen LogP contribution in [0.3, 0.4) is 0 Å². The quantitative estimate of drug-likeness (QED) is 0.757. The number of hydrogen-bond acceptors (Lipinski definition) is 5. The molecule has 15 heavy (non-hydrogen) atoms. The second-order valence-electron chi connectivity index (χ2n) is 3.56. The number of aryl methyl sites for hydroxylation is 1.